The molecule has 0 radical (unpaired) electrons. The van der Waals surface area contributed by atoms with Gasteiger partial charge in [0.15, 0.2) is 0 Å². The van der Waals surface area contributed by atoms with Gasteiger partial charge in [-0.1, -0.05) is 48.8 Å². The summed E-state index contributed by atoms with van der Waals surface area (Å²) in [6, 6.07) is 14.3. The van der Waals surface area contributed by atoms with Gasteiger partial charge in [-0.05, 0) is 60.4 Å². The van der Waals surface area contributed by atoms with E-state index in [0.29, 0.717) is 11.7 Å². The molecular formula is C24H23BrN2OS. The average molecular weight is 467 g/mol. The van der Waals surface area contributed by atoms with E-state index in [1.165, 1.54) is 10.4 Å². The number of benzene rings is 1. The molecule has 1 aliphatic carbocycles. The minimum absolute atomic E-state index is 0.287. The zero-order valence-electron chi connectivity index (χ0n) is 16.8. The van der Waals surface area contributed by atoms with E-state index < -0.39 is 0 Å². The van der Waals surface area contributed by atoms with Crippen LogP contribution in [0.25, 0.3) is 11.3 Å². The van der Waals surface area contributed by atoms with Gasteiger partial charge < -0.3 is 4.42 Å². The highest BCUT2D eigenvalue weighted by Gasteiger charge is 2.32. The Morgan fingerprint density at radius 2 is 2.10 bits per heavy atom. The molecule has 0 fully saturated rings. The molecule has 0 aliphatic heterocycles. The second-order valence-corrected chi connectivity index (χ2v) is 10.6. The molecule has 0 amide bonds. The standard InChI is InChI=1S/C24H23BrN2OS/c1-24(2,3)16-7-9-19-20(13-26)23(29-22(19)12-16)27-14-18-8-10-21(28-18)15-5-4-6-17(25)11-15/h4-6,8,10-11,14,16H,7,9,12H2,1-3H3/t16-/m1/s1. The molecule has 3 nitrogen and oxygen atoms in total. The first-order valence-corrected chi connectivity index (χ1v) is 11.4. The smallest absolute Gasteiger partial charge is 0.145 e. The molecule has 1 aliphatic rings. The molecule has 0 saturated carbocycles. The highest BCUT2D eigenvalue weighted by molar-refractivity contribution is 9.10. The predicted octanol–water partition coefficient (Wildman–Crippen LogP) is 7.54. The van der Waals surface area contributed by atoms with Crippen molar-refractivity contribution in [2.24, 2.45) is 16.3 Å². The van der Waals surface area contributed by atoms with E-state index >= 15 is 0 Å². The first-order chi connectivity index (χ1) is 13.8. The first-order valence-electron chi connectivity index (χ1n) is 9.79. The van der Waals surface area contributed by atoms with Crippen molar-refractivity contribution in [3.8, 4) is 17.4 Å². The first kappa shape index (κ1) is 20.1. The fourth-order valence-electron chi connectivity index (χ4n) is 3.86. The molecule has 2 heterocycles. The maximum atomic E-state index is 9.72. The van der Waals surface area contributed by atoms with Gasteiger partial charge in [-0.3, -0.25) is 0 Å². The molecule has 0 spiro atoms. The summed E-state index contributed by atoms with van der Waals surface area (Å²) in [6.07, 6.45) is 4.88. The van der Waals surface area contributed by atoms with Crippen LogP contribution in [-0.4, -0.2) is 6.21 Å². The topological polar surface area (TPSA) is 49.3 Å². The predicted molar refractivity (Wildman–Crippen MR) is 123 cm³/mol. The molecule has 1 aromatic carbocycles. The van der Waals surface area contributed by atoms with Crippen molar-refractivity contribution in [1.82, 2.24) is 0 Å². The highest BCUT2D eigenvalue weighted by Crippen LogP contribution is 2.44. The van der Waals surface area contributed by atoms with Crippen molar-refractivity contribution in [2.75, 3.05) is 0 Å². The van der Waals surface area contributed by atoms with Gasteiger partial charge in [-0.15, -0.1) is 11.3 Å². The molecule has 29 heavy (non-hydrogen) atoms. The summed E-state index contributed by atoms with van der Waals surface area (Å²) in [7, 11) is 0. The largest absolute Gasteiger partial charge is 0.455 e. The fraction of sp³-hybridized carbons (Fsp3) is 0.333. The molecule has 4 rings (SSSR count). The molecule has 148 valence electrons. The number of nitriles is 1. The SMILES string of the molecule is CC(C)(C)[C@@H]1CCc2c(sc(N=Cc3ccc(-c4cccc(Br)c4)o3)c2C#N)C1. The van der Waals surface area contributed by atoms with Gasteiger partial charge in [-0.2, -0.15) is 5.26 Å². The maximum absolute atomic E-state index is 9.72. The monoisotopic (exact) mass is 466 g/mol. The maximum Gasteiger partial charge on any atom is 0.145 e. The molecule has 0 unspecified atom stereocenters. The number of furan rings is 1. The summed E-state index contributed by atoms with van der Waals surface area (Å²) < 4.78 is 6.95. The van der Waals surface area contributed by atoms with Gasteiger partial charge in [0.25, 0.3) is 0 Å². The van der Waals surface area contributed by atoms with Crippen LogP contribution in [0.2, 0.25) is 0 Å². The summed E-state index contributed by atoms with van der Waals surface area (Å²) in [5, 5.41) is 10.5. The normalized spacial score (nSPS) is 16.7. The van der Waals surface area contributed by atoms with Gasteiger partial charge >= 0.3 is 0 Å². The van der Waals surface area contributed by atoms with E-state index in [0.717, 1.165) is 45.6 Å². The third-order valence-electron chi connectivity index (χ3n) is 5.63. The van der Waals surface area contributed by atoms with Gasteiger partial charge in [0.2, 0.25) is 0 Å². The third kappa shape index (κ3) is 4.24. The van der Waals surface area contributed by atoms with Crippen LogP contribution in [0.4, 0.5) is 5.00 Å². The summed E-state index contributed by atoms with van der Waals surface area (Å²) in [6.45, 7) is 6.92. The molecule has 2 aromatic heterocycles. The minimum atomic E-state index is 0.287. The van der Waals surface area contributed by atoms with Crippen molar-refractivity contribution in [3.05, 3.63) is 62.6 Å². The lowest BCUT2D eigenvalue weighted by Crippen LogP contribution is -2.26. The summed E-state index contributed by atoms with van der Waals surface area (Å²) in [5.41, 5.74) is 3.25. The van der Waals surface area contributed by atoms with E-state index in [9.17, 15) is 5.26 Å². The lowest BCUT2D eigenvalue weighted by atomic mass is 9.72. The van der Waals surface area contributed by atoms with Crippen LogP contribution in [0.15, 0.2) is 50.3 Å². The van der Waals surface area contributed by atoms with Gasteiger partial charge in [0, 0.05) is 14.9 Å². The number of hydrogen-bond acceptors (Lipinski definition) is 4. The Bertz CT molecular complexity index is 1110. The number of rotatable bonds is 3. The van der Waals surface area contributed by atoms with Crippen LogP contribution < -0.4 is 0 Å². The Morgan fingerprint density at radius 1 is 1.28 bits per heavy atom. The van der Waals surface area contributed by atoms with Crippen molar-refractivity contribution >= 4 is 38.5 Å². The highest BCUT2D eigenvalue weighted by atomic mass is 79.9. The van der Waals surface area contributed by atoms with E-state index in [1.54, 1.807) is 17.6 Å². The van der Waals surface area contributed by atoms with Gasteiger partial charge in [-0.25, -0.2) is 4.99 Å². The van der Waals surface area contributed by atoms with E-state index in [-0.39, 0.29) is 5.41 Å². The second kappa shape index (κ2) is 7.93. The number of aliphatic imine (C=N–C) groups is 1. The summed E-state index contributed by atoms with van der Waals surface area (Å²) >= 11 is 5.15. The zero-order valence-corrected chi connectivity index (χ0v) is 19.2. The van der Waals surface area contributed by atoms with Crippen LogP contribution >= 0.6 is 27.3 Å². The van der Waals surface area contributed by atoms with E-state index in [1.807, 2.05) is 36.4 Å². The molecule has 0 saturated heterocycles. The van der Waals surface area contributed by atoms with Crippen molar-refractivity contribution < 1.29 is 4.42 Å². The van der Waals surface area contributed by atoms with E-state index in [4.69, 9.17) is 4.42 Å². The van der Waals surface area contributed by atoms with Crippen LogP contribution in [0.5, 0.6) is 0 Å². The molecule has 3 aromatic rings. The number of thiophene rings is 1. The van der Waals surface area contributed by atoms with Gasteiger partial charge in [0.1, 0.15) is 22.6 Å². The molecule has 1 atom stereocenters. The van der Waals surface area contributed by atoms with Crippen LogP contribution in [0.1, 0.15) is 49.0 Å². The number of hydrogen-bond donors (Lipinski definition) is 0. The average Bonchev–Trinajstić information content (AvgIpc) is 3.29. The molecular weight excluding hydrogens is 444 g/mol. The fourth-order valence-corrected chi connectivity index (χ4v) is 5.48. The third-order valence-corrected chi connectivity index (χ3v) is 7.28. The molecule has 5 heteroatoms. The lowest BCUT2D eigenvalue weighted by molar-refractivity contribution is 0.218. The van der Waals surface area contributed by atoms with Crippen LogP contribution in [0.3, 0.4) is 0 Å². The van der Waals surface area contributed by atoms with Crippen molar-refractivity contribution in [2.45, 2.75) is 40.0 Å². The lowest BCUT2D eigenvalue weighted by Gasteiger charge is -2.33. The minimum Gasteiger partial charge on any atom is -0.455 e. The Hall–Kier alpha value is -2.16. The molecule has 0 bridgehead atoms. The Labute approximate surface area is 184 Å². The number of nitrogens with zero attached hydrogens (tertiary/aromatic N) is 2. The Balaban J connectivity index is 1.59. The Morgan fingerprint density at radius 3 is 2.83 bits per heavy atom. The van der Waals surface area contributed by atoms with Crippen LogP contribution in [0, 0.1) is 22.7 Å². The quantitative estimate of drug-likeness (QED) is 0.374. The zero-order chi connectivity index (χ0) is 20.6. The van der Waals surface area contributed by atoms with Crippen LogP contribution in [-0.2, 0) is 12.8 Å². The molecule has 0 N–H and O–H groups in total. The summed E-state index contributed by atoms with van der Waals surface area (Å²) in [5.74, 6) is 2.13. The number of fused-ring (bicyclic) bond motifs is 1. The van der Waals surface area contributed by atoms with Gasteiger partial charge in [0.05, 0.1) is 11.8 Å². The van der Waals surface area contributed by atoms with Crippen molar-refractivity contribution in [3.63, 3.8) is 0 Å². The van der Waals surface area contributed by atoms with E-state index in [2.05, 4.69) is 47.8 Å². The Kier molecular flexibility index (Phi) is 5.50. The summed E-state index contributed by atoms with van der Waals surface area (Å²) in [4.78, 5) is 5.96. The van der Waals surface area contributed by atoms with Crippen molar-refractivity contribution in [1.29, 1.82) is 5.26 Å². The number of halogens is 1. The second-order valence-electron chi connectivity index (χ2n) is 8.57.